The van der Waals surface area contributed by atoms with Crippen molar-refractivity contribution in [3.05, 3.63) is 16.1 Å². The van der Waals surface area contributed by atoms with Crippen LogP contribution in [-0.4, -0.2) is 24.2 Å². The zero-order valence-corrected chi connectivity index (χ0v) is 9.19. The van der Waals surface area contributed by atoms with E-state index in [-0.39, 0.29) is 6.09 Å². The molecular formula is C9H14N2O2S. The zero-order valence-electron chi connectivity index (χ0n) is 8.37. The van der Waals surface area contributed by atoms with Gasteiger partial charge in [0.25, 0.3) is 0 Å². The molecule has 1 aromatic rings. The van der Waals surface area contributed by atoms with E-state index < -0.39 is 0 Å². The van der Waals surface area contributed by atoms with Crippen LogP contribution in [0.1, 0.15) is 17.5 Å². The molecule has 1 heterocycles. The Bertz CT molecular complexity index is 299. The van der Waals surface area contributed by atoms with E-state index in [0.29, 0.717) is 13.2 Å². The lowest BCUT2D eigenvalue weighted by Gasteiger charge is -2.03. The quantitative estimate of drug-likeness (QED) is 0.830. The fourth-order valence-corrected chi connectivity index (χ4v) is 1.81. The van der Waals surface area contributed by atoms with E-state index in [1.165, 1.54) is 4.88 Å². The van der Waals surface area contributed by atoms with Crippen molar-refractivity contribution in [3.8, 4) is 0 Å². The van der Waals surface area contributed by atoms with Crippen molar-refractivity contribution in [1.29, 1.82) is 0 Å². The average Bonchev–Trinajstić information content (AvgIpc) is 2.52. The van der Waals surface area contributed by atoms with Gasteiger partial charge < -0.3 is 10.1 Å². The Kier molecular flexibility index (Phi) is 4.39. The summed E-state index contributed by atoms with van der Waals surface area (Å²) in [5, 5.41) is 2.67. The van der Waals surface area contributed by atoms with Crippen molar-refractivity contribution < 1.29 is 9.53 Å². The minimum atomic E-state index is -0.352. The molecular weight excluding hydrogens is 200 g/mol. The third-order valence-electron chi connectivity index (χ3n) is 1.74. The van der Waals surface area contributed by atoms with Crippen molar-refractivity contribution in [2.75, 3.05) is 13.2 Å². The maximum absolute atomic E-state index is 10.9. The van der Waals surface area contributed by atoms with Crippen molar-refractivity contribution in [2.24, 2.45) is 0 Å². The molecule has 1 N–H and O–H groups in total. The summed E-state index contributed by atoms with van der Waals surface area (Å²) in [4.78, 5) is 16.2. The number of nitrogens with one attached hydrogen (secondary N) is 1. The predicted octanol–water partition coefficient (Wildman–Crippen LogP) is 1.74. The van der Waals surface area contributed by atoms with E-state index in [2.05, 4.69) is 10.3 Å². The fourth-order valence-electron chi connectivity index (χ4n) is 1.03. The second-order valence-electron chi connectivity index (χ2n) is 2.76. The summed E-state index contributed by atoms with van der Waals surface area (Å²) in [5.74, 6) is 0. The van der Waals surface area contributed by atoms with Crippen molar-refractivity contribution >= 4 is 17.4 Å². The summed E-state index contributed by atoms with van der Waals surface area (Å²) in [5.41, 5.74) is 2.86. The van der Waals surface area contributed by atoms with E-state index >= 15 is 0 Å². The number of hydrogen-bond acceptors (Lipinski definition) is 4. The van der Waals surface area contributed by atoms with Gasteiger partial charge in [0.1, 0.15) is 0 Å². The topological polar surface area (TPSA) is 51.2 Å². The zero-order chi connectivity index (χ0) is 10.4. The largest absolute Gasteiger partial charge is 0.450 e. The van der Waals surface area contributed by atoms with Gasteiger partial charge in [0, 0.05) is 17.8 Å². The van der Waals surface area contributed by atoms with Gasteiger partial charge in [-0.15, -0.1) is 11.3 Å². The van der Waals surface area contributed by atoms with E-state index in [1.54, 1.807) is 18.3 Å². The molecule has 0 fully saturated rings. The predicted molar refractivity (Wildman–Crippen MR) is 55.6 cm³/mol. The first-order valence-corrected chi connectivity index (χ1v) is 5.41. The van der Waals surface area contributed by atoms with E-state index in [1.807, 2.05) is 12.4 Å². The van der Waals surface area contributed by atoms with Gasteiger partial charge in [-0.1, -0.05) is 0 Å². The van der Waals surface area contributed by atoms with Crippen LogP contribution in [0.2, 0.25) is 0 Å². The lowest BCUT2D eigenvalue weighted by molar-refractivity contribution is 0.152. The molecule has 4 nitrogen and oxygen atoms in total. The minimum absolute atomic E-state index is 0.352. The molecule has 1 aromatic heterocycles. The number of carbonyl (C=O) groups is 1. The van der Waals surface area contributed by atoms with E-state index in [9.17, 15) is 4.79 Å². The molecule has 1 rings (SSSR count). The van der Waals surface area contributed by atoms with Crippen molar-refractivity contribution in [1.82, 2.24) is 10.3 Å². The molecule has 1 amide bonds. The Morgan fingerprint density at radius 2 is 2.50 bits per heavy atom. The second-order valence-corrected chi connectivity index (χ2v) is 3.70. The fraction of sp³-hybridized carbons (Fsp3) is 0.556. The number of ether oxygens (including phenoxy) is 1. The first-order valence-electron chi connectivity index (χ1n) is 4.53. The SMILES string of the molecule is CCOC(=O)NCCc1scnc1C. The van der Waals surface area contributed by atoms with Crippen LogP contribution in [0.3, 0.4) is 0 Å². The summed E-state index contributed by atoms with van der Waals surface area (Å²) >= 11 is 1.61. The molecule has 5 heteroatoms. The molecule has 0 saturated carbocycles. The molecule has 0 aliphatic rings. The third kappa shape index (κ3) is 3.33. The maximum atomic E-state index is 10.9. The number of nitrogens with zero attached hydrogens (tertiary/aromatic N) is 1. The number of thiazole rings is 1. The Morgan fingerprint density at radius 1 is 1.71 bits per heavy atom. The number of alkyl carbamates (subject to hydrolysis) is 1. The Hall–Kier alpha value is -1.10. The van der Waals surface area contributed by atoms with Crippen LogP contribution in [0.25, 0.3) is 0 Å². The lowest BCUT2D eigenvalue weighted by Crippen LogP contribution is -2.26. The molecule has 0 atom stereocenters. The molecule has 0 saturated heterocycles. The van der Waals surface area contributed by atoms with Crippen LogP contribution in [-0.2, 0) is 11.2 Å². The highest BCUT2D eigenvalue weighted by Gasteiger charge is 2.03. The van der Waals surface area contributed by atoms with Gasteiger partial charge in [0.2, 0.25) is 0 Å². The molecule has 0 aliphatic heterocycles. The van der Waals surface area contributed by atoms with Gasteiger partial charge in [0.15, 0.2) is 0 Å². The number of hydrogen-bond donors (Lipinski definition) is 1. The van der Waals surface area contributed by atoms with Crippen LogP contribution in [0.4, 0.5) is 4.79 Å². The Morgan fingerprint density at radius 3 is 3.07 bits per heavy atom. The van der Waals surface area contributed by atoms with Crippen molar-refractivity contribution in [3.63, 3.8) is 0 Å². The first-order chi connectivity index (χ1) is 6.74. The molecule has 0 aromatic carbocycles. The summed E-state index contributed by atoms with van der Waals surface area (Å²) in [6.45, 7) is 4.76. The van der Waals surface area contributed by atoms with E-state index in [4.69, 9.17) is 4.74 Å². The van der Waals surface area contributed by atoms with Gasteiger partial charge in [-0.2, -0.15) is 0 Å². The summed E-state index contributed by atoms with van der Waals surface area (Å²) in [7, 11) is 0. The van der Waals surface area contributed by atoms with Gasteiger partial charge in [0.05, 0.1) is 17.8 Å². The number of amides is 1. The van der Waals surface area contributed by atoms with Gasteiger partial charge in [-0.05, 0) is 13.8 Å². The number of aryl methyl sites for hydroxylation is 1. The molecule has 0 bridgehead atoms. The standard InChI is InChI=1S/C9H14N2O2S/c1-3-13-9(12)10-5-4-8-7(2)11-6-14-8/h6H,3-5H2,1-2H3,(H,10,12). The highest BCUT2D eigenvalue weighted by Crippen LogP contribution is 2.11. The van der Waals surface area contributed by atoms with Gasteiger partial charge in [-0.25, -0.2) is 9.78 Å². The van der Waals surface area contributed by atoms with Crippen molar-refractivity contribution in [2.45, 2.75) is 20.3 Å². The van der Waals surface area contributed by atoms with Crippen LogP contribution in [0, 0.1) is 6.92 Å². The Balaban J connectivity index is 2.22. The third-order valence-corrected chi connectivity index (χ3v) is 2.74. The van der Waals surface area contributed by atoms with E-state index in [0.717, 1.165) is 12.1 Å². The van der Waals surface area contributed by atoms with Crippen LogP contribution in [0.5, 0.6) is 0 Å². The highest BCUT2D eigenvalue weighted by molar-refractivity contribution is 7.09. The number of rotatable bonds is 4. The molecule has 14 heavy (non-hydrogen) atoms. The smallest absolute Gasteiger partial charge is 0.407 e. The Labute approximate surface area is 87.3 Å². The minimum Gasteiger partial charge on any atom is -0.450 e. The molecule has 0 spiro atoms. The van der Waals surface area contributed by atoms with Crippen LogP contribution < -0.4 is 5.32 Å². The first kappa shape index (κ1) is 11.0. The molecule has 0 unspecified atom stereocenters. The summed E-state index contributed by atoms with van der Waals surface area (Å²) < 4.78 is 4.73. The molecule has 0 radical (unpaired) electrons. The maximum Gasteiger partial charge on any atom is 0.407 e. The average molecular weight is 214 g/mol. The van der Waals surface area contributed by atoms with Crippen LogP contribution in [0.15, 0.2) is 5.51 Å². The lowest BCUT2D eigenvalue weighted by atomic mass is 10.3. The van der Waals surface area contributed by atoms with Crippen LogP contribution >= 0.6 is 11.3 Å². The monoisotopic (exact) mass is 214 g/mol. The number of aromatic nitrogens is 1. The summed E-state index contributed by atoms with van der Waals surface area (Å²) in [6.07, 6.45) is 0.463. The summed E-state index contributed by atoms with van der Waals surface area (Å²) in [6, 6.07) is 0. The number of carbonyl (C=O) groups excluding carboxylic acids is 1. The molecule has 0 aliphatic carbocycles. The van der Waals surface area contributed by atoms with Gasteiger partial charge >= 0.3 is 6.09 Å². The molecule has 78 valence electrons. The van der Waals surface area contributed by atoms with Gasteiger partial charge in [-0.3, -0.25) is 0 Å². The normalized spacial score (nSPS) is 9.86. The second kappa shape index (κ2) is 5.59. The highest BCUT2D eigenvalue weighted by atomic mass is 32.1.